The first-order chi connectivity index (χ1) is 9.51. The second kappa shape index (κ2) is 6.98. The molecule has 0 spiro atoms. The highest BCUT2D eigenvalue weighted by Crippen LogP contribution is 2.31. The van der Waals surface area contributed by atoms with Gasteiger partial charge in [0.2, 0.25) is 0 Å². The molecule has 0 amide bonds. The smallest absolute Gasteiger partial charge is 0.405 e. The van der Waals surface area contributed by atoms with Crippen molar-refractivity contribution in [2.75, 3.05) is 20.6 Å². The van der Waals surface area contributed by atoms with Crippen LogP contribution in [0.3, 0.4) is 0 Å². The fraction of sp³-hybridized carbons (Fsp3) is 0.571. The normalized spacial score (nSPS) is 12.8. The fourth-order valence-corrected chi connectivity index (χ4v) is 2.04. The van der Waals surface area contributed by atoms with Gasteiger partial charge in [0, 0.05) is 18.6 Å². The highest BCUT2D eigenvalue weighted by atomic mass is 79.9. The van der Waals surface area contributed by atoms with Gasteiger partial charge in [0.25, 0.3) is 0 Å². The summed E-state index contributed by atoms with van der Waals surface area (Å²) in [7, 11) is 4.00. The van der Waals surface area contributed by atoms with Crippen molar-refractivity contribution in [3.05, 3.63) is 28.2 Å². The third kappa shape index (κ3) is 6.23. The summed E-state index contributed by atoms with van der Waals surface area (Å²) in [6.45, 7) is 5.55. The van der Waals surface area contributed by atoms with Crippen LogP contribution >= 0.6 is 15.9 Å². The number of alkyl halides is 3. The van der Waals surface area contributed by atoms with Crippen molar-refractivity contribution in [3.8, 4) is 5.75 Å². The van der Waals surface area contributed by atoms with E-state index in [4.69, 9.17) is 0 Å². The fourth-order valence-electron chi connectivity index (χ4n) is 1.53. The molecule has 1 N–H and O–H groups in total. The summed E-state index contributed by atoms with van der Waals surface area (Å²) in [5, 5.41) is 3.29. The van der Waals surface area contributed by atoms with Crippen LogP contribution in [0.4, 0.5) is 13.2 Å². The van der Waals surface area contributed by atoms with Crippen LogP contribution in [-0.2, 0) is 6.54 Å². The second-order valence-corrected chi connectivity index (χ2v) is 6.48. The van der Waals surface area contributed by atoms with Crippen LogP contribution in [0.1, 0.15) is 19.4 Å². The molecule has 0 aliphatic rings. The number of ether oxygens (including phenoxy) is 1. The molecule has 0 aliphatic heterocycles. The lowest BCUT2D eigenvalue weighted by molar-refractivity contribution is -0.274. The van der Waals surface area contributed by atoms with Gasteiger partial charge in [-0.3, -0.25) is 0 Å². The van der Waals surface area contributed by atoms with Gasteiger partial charge < -0.3 is 15.0 Å². The van der Waals surface area contributed by atoms with E-state index in [1.54, 1.807) is 12.1 Å². The molecular formula is C14H20BrF3N2O. The lowest BCUT2D eigenvalue weighted by Gasteiger charge is -2.32. The number of likely N-dealkylation sites (N-methyl/N-ethyl adjacent to an activating group) is 1. The Morgan fingerprint density at radius 3 is 2.33 bits per heavy atom. The van der Waals surface area contributed by atoms with Gasteiger partial charge in [-0.15, -0.1) is 13.2 Å². The van der Waals surface area contributed by atoms with Crippen LogP contribution in [0.25, 0.3) is 0 Å². The molecule has 1 aromatic rings. The predicted molar refractivity (Wildman–Crippen MR) is 80.3 cm³/mol. The highest BCUT2D eigenvalue weighted by molar-refractivity contribution is 9.10. The number of nitrogens with zero attached hydrogens (tertiary/aromatic N) is 1. The Labute approximate surface area is 131 Å². The molecule has 1 aromatic carbocycles. The first-order valence-electron chi connectivity index (χ1n) is 6.43. The molecule has 0 bridgehead atoms. The largest absolute Gasteiger partial charge is 0.573 e. The number of hydrogen-bond acceptors (Lipinski definition) is 3. The molecule has 1 rings (SSSR count). The maximum absolute atomic E-state index is 12.2. The quantitative estimate of drug-likeness (QED) is 0.826. The van der Waals surface area contributed by atoms with Gasteiger partial charge in [-0.2, -0.15) is 0 Å². The average Bonchev–Trinajstić information content (AvgIpc) is 2.30. The molecule has 0 atom stereocenters. The Morgan fingerprint density at radius 1 is 1.24 bits per heavy atom. The Morgan fingerprint density at radius 2 is 1.86 bits per heavy atom. The van der Waals surface area contributed by atoms with E-state index in [2.05, 4.69) is 44.7 Å². The second-order valence-electron chi connectivity index (χ2n) is 5.62. The first-order valence-corrected chi connectivity index (χ1v) is 7.23. The molecule has 0 saturated carbocycles. The Balaban J connectivity index is 2.61. The molecule has 3 nitrogen and oxygen atoms in total. The number of nitrogens with one attached hydrogen (secondary N) is 1. The summed E-state index contributed by atoms with van der Waals surface area (Å²) < 4.78 is 40.7. The Kier molecular flexibility index (Phi) is 6.07. The molecule has 0 radical (unpaired) electrons. The molecule has 0 aromatic heterocycles. The van der Waals surface area contributed by atoms with Crippen molar-refractivity contribution in [2.24, 2.45) is 0 Å². The van der Waals surface area contributed by atoms with Crippen molar-refractivity contribution in [3.63, 3.8) is 0 Å². The number of hydrogen-bond donors (Lipinski definition) is 1. The van der Waals surface area contributed by atoms with Crippen LogP contribution in [0.15, 0.2) is 22.7 Å². The molecule has 21 heavy (non-hydrogen) atoms. The van der Waals surface area contributed by atoms with Gasteiger partial charge in [0.15, 0.2) is 0 Å². The standard InChI is InChI=1S/C14H20BrF3N2O/c1-13(2,20(3)4)9-19-8-10-5-6-12(11(15)7-10)21-14(16,17)18/h5-7,19H,8-9H2,1-4H3. The molecular weight excluding hydrogens is 349 g/mol. The summed E-state index contributed by atoms with van der Waals surface area (Å²) in [5.74, 6) is -0.236. The molecule has 0 saturated heterocycles. The van der Waals surface area contributed by atoms with Gasteiger partial charge in [-0.05, 0) is 61.6 Å². The lowest BCUT2D eigenvalue weighted by Crippen LogP contribution is -2.46. The molecule has 0 heterocycles. The van der Waals surface area contributed by atoms with E-state index in [0.717, 1.165) is 12.1 Å². The zero-order chi connectivity index (χ0) is 16.3. The number of benzene rings is 1. The summed E-state index contributed by atoms with van der Waals surface area (Å²) in [6.07, 6.45) is -4.68. The summed E-state index contributed by atoms with van der Waals surface area (Å²) in [5.41, 5.74) is 0.877. The SMILES string of the molecule is CN(C)C(C)(C)CNCc1ccc(OC(F)(F)F)c(Br)c1. The maximum Gasteiger partial charge on any atom is 0.573 e. The lowest BCUT2D eigenvalue weighted by atomic mass is 10.0. The van der Waals surface area contributed by atoms with E-state index >= 15 is 0 Å². The van der Waals surface area contributed by atoms with Gasteiger partial charge >= 0.3 is 6.36 Å². The summed E-state index contributed by atoms with van der Waals surface area (Å²) >= 11 is 3.09. The van der Waals surface area contributed by atoms with E-state index in [0.29, 0.717) is 6.54 Å². The van der Waals surface area contributed by atoms with E-state index in [1.807, 2.05) is 14.1 Å². The van der Waals surface area contributed by atoms with Crippen LogP contribution in [0.2, 0.25) is 0 Å². The Hall–Kier alpha value is -0.790. The van der Waals surface area contributed by atoms with Crippen LogP contribution in [0.5, 0.6) is 5.75 Å². The van der Waals surface area contributed by atoms with Crippen molar-refractivity contribution < 1.29 is 17.9 Å². The number of halogens is 4. The van der Waals surface area contributed by atoms with Crippen LogP contribution < -0.4 is 10.1 Å². The molecule has 0 unspecified atom stereocenters. The summed E-state index contributed by atoms with van der Waals surface area (Å²) in [4.78, 5) is 2.11. The number of rotatable bonds is 6. The monoisotopic (exact) mass is 368 g/mol. The van der Waals surface area contributed by atoms with Gasteiger partial charge in [-0.25, -0.2) is 0 Å². The maximum atomic E-state index is 12.2. The minimum Gasteiger partial charge on any atom is -0.405 e. The third-order valence-corrected chi connectivity index (χ3v) is 3.94. The van der Waals surface area contributed by atoms with Gasteiger partial charge in [0.1, 0.15) is 5.75 Å². The van der Waals surface area contributed by atoms with E-state index < -0.39 is 6.36 Å². The van der Waals surface area contributed by atoms with Crippen LogP contribution in [-0.4, -0.2) is 37.4 Å². The highest BCUT2D eigenvalue weighted by Gasteiger charge is 2.31. The third-order valence-electron chi connectivity index (χ3n) is 3.32. The molecule has 120 valence electrons. The zero-order valence-corrected chi connectivity index (χ0v) is 14.1. The Bertz CT molecular complexity index is 476. The van der Waals surface area contributed by atoms with Crippen molar-refractivity contribution >= 4 is 15.9 Å². The topological polar surface area (TPSA) is 24.5 Å². The molecule has 7 heteroatoms. The van der Waals surface area contributed by atoms with Crippen molar-refractivity contribution in [2.45, 2.75) is 32.3 Å². The predicted octanol–water partition coefficient (Wildman–Crippen LogP) is 3.78. The zero-order valence-electron chi connectivity index (χ0n) is 12.5. The van der Waals surface area contributed by atoms with Crippen molar-refractivity contribution in [1.29, 1.82) is 0 Å². The van der Waals surface area contributed by atoms with Crippen molar-refractivity contribution in [1.82, 2.24) is 10.2 Å². The van der Waals surface area contributed by atoms with Gasteiger partial charge in [0.05, 0.1) is 4.47 Å². The van der Waals surface area contributed by atoms with E-state index in [-0.39, 0.29) is 15.8 Å². The van der Waals surface area contributed by atoms with E-state index in [9.17, 15) is 13.2 Å². The minimum absolute atomic E-state index is 0.00340. The van der Waals surface area contributed by atoms with E-state index in [1.165, 1.54) is 6.07 Å². The average molecular weight is 369 g/mol. The molecule has 0 aliphatic carbocycles. The van der Waals surface area contributed by atoms with Crippen LogP contribution in [0, 0.1) is 0 Å². The van der Waals surface area contributed by atoms with Gasteiger partial charge in [-0.1, -0.05) is 6.07 Å². The first kappa shape index (κ1) is 18.3. The summed E-state index contributed by atoms with van der Waals surface area (Å²) in [6, 6.07) is 4.55. The minimum atomic E-state index is -4.68. The molecule has 0 fully saturated rings.